The van der Waals surface area contributed by atoms with E-state index in [2.05, 4.69) is 9.97 Å². The Morgan fingerprint density at radius 2 is 2.04 bits per heavy atom. The number of carbonyl (C=O) groups is 1. The fourth-order valence-corrected chi connectivity index (χ4v) is 4.70. The summed E-state index contributed by atoms with van der Waals surface area (Å²) >= 11 is 0. The Morgan fingerprint density at radius 3 is 2.68 bits per heavy atom. The molecule has 134 valence electrons. The van der Waals surface area contributed by atoms with Crippen LogP contribution in [0.3, 0.4) is 0 Å². The van der Waals surface area contributed by atoms with Crippen molar-refractivity contribution < 1.29 is 23.1 Å². The van der Waals surface area contributed by atoms with E-state index in [-0.39, 0.29) is 23.6 Å². The molecular weight excluding hydrogens is 346 g/mol. The smallest absolute Gasteiger partial charge is 0.322 e. The average molecular weight is 365 g/mol. The number of methoxy groups -OCH3 is 1. The first kappa shape index (κ1) is 17.4. The van der Waals surface area contributed by atoms with Gasteiger partial charge in [0.1, 0.15) is 16.7 Å². The van der Waals surface area contributed by atoms with E-state index in [1.807, 2.05) is 6.92 Å². The maximum atomic E-state index is 13.2. The molecule has 2 heterocycles. The zero-order valence-electron chi connectivity index (χ0n) is 14.1. The number of rotatable bonds is 4. The molecule has 9 heteroatoms. The molecule has 0 amide bonds. The van der Waals surface area contributed by atoms with Gasteiger partial charge in [-0.05, 0) is 37.1 Å². The number of carboxylic acids is 1. The number of aliphatic carboxylic acids is 1. The highest BCUT2D eigenvalue weighted by molar-refractivity contribution is 7.89. The van der Waals surface area contributed by atoms with Gasteiger partial charge in [-0.1, -0.05) is 0 Å². The predicted octanol–water partition coefficient (Wildman–Crippen LogP) is 1.24. The quantitative estimate of drug-likeness (QED) is 0.843. The number of ether oxygens (including phenoxy) is 1. The first-order chi connectivity index (χ1) is 11.8. The van der Waals surface area contributed by atoms with E-state index in [9.17, 15) is 18.3 Å². The third kappa shape index (κ3) is 2.89. The predicted molar refractivity (Wildman–Crippen MR) is 88.9 cm³/mol. The third-order valence-electron chi connectivity index (χ3n) is 4.51. The van der Waals surface area contributed by atoms with Crippen LogP contribution in [0, 0.1) is 13.8 Å². The van der Waals surface area contributed by atoms with E-state index >= 15 is 0 Å². The molecule has 0 spiro atoms. The molecule has 0 saturated carbocycles. The van der Waals surface area contributed by atoms with Crippen LogP contribution in [0.25, 0.3) is 0 Å². The van der Waals surface area contributed by atoms with Crippen LogP contribution < -0.4 is 4.74 Å². The van der Waals surface area contributed by atoms with Crippen molar-refractivity contribution in [1.29, 1.82) is 0 Å². The molecule has 1 aliphatic rings. The number of H-pyrrole nitrogens is 1. The Kier molecular flexibility index (Phi) is 4.29. The van der Waals surface area contributed by atoms with E-state index < -0.39 is 22.0 Å². The second-order valence-corrected chi connectivity index (χ2v) is 7.88. The Bertz CT molecular complexity index is 935. The molecule has 3 rings (SSSR count). The van der Waals surface area contributed by atoms with Gasteiger partial charge in [-0.25, -0.2) is 13.4 Å². The summed E-state index contributed by atoms with van der Waals surface area (Å²) in [6.45, 7) is 3.57. The highest BCUT2D eigenvalue weighted by Gasteiger charge is 2.42. The van der Waals surface area contributed by atoms with Gasteiger partial charge in [0.15, 0.2) is 0 Å². The number of sulfonamides is 1. The van der Waals surface area contributed by atoms with E-state index in [4.69, 9.17) is 4.74 Å². The van der Waals surface area contributed by atoms with E-state index in [0.29, 0.717) is 11.4 Å². The van der Waals surface area contributed by atoms with Crippen LogP contribution in [0.4, 0.5) is 0 Å². The molecule has 1 unspecified atom stereocenters. The van der Waals surface area contributed by atoms with Crippen molar-refractivity contribution in [3.63, 3.8) is 0 Å². The third-order valence-corrected chi connectivity index (χ3v) is 6.38. The van der Waals surface area contributed by atoms with Crippen LogP contribution in [0.1, 0.15) is 22.5 Å². The fraction of sp³-hybridized carbons (Fsp3) is 0.375. The molecule has 2 N–H and O–H groups in total. The van der Waals surface area contributed by atoms with Crippen molar-refractivity contribution in [3.05, 3.63) is 41.0 Å². The lowest BCUT2D eigenvalue weighted by Gasteiger charge is -2.31. The number of aromatic amines is 1. The van der Waals surface area contributed by atoms with Gasteiger partial charge in [0, 0.05) is 6.42 Å². The fourth-order valence-electron chi connectivity index (χ4n) is 2.93. The normalized spacial score (nSPS) is 18.0. The minimum absolute atomic E-state index is 0.0144. The standard InChI is InChI=1S/C16H19N3O5S/c1-9-4-14(24-3)15(5-10(9)2)25(22,23)19-7-12-11(17-8-18-12)6-13(19)16(20)21/h4-5,8,13H,6-7H2,1-3H3,(H,17,18)(H,20,21). The summed E-state index contributed by atoms with van der Waals surface area (Å²) in [6, 6.07) is 1.95. The van der Waals surface area contributed by atoms with Gasteiger partial charge in [0.25, 0.3) is 0 Å². The van der Waals surface area contributed by atoms with Crippen molar-refractivity contribution in [2.75, 3.05) is 7.11 Å². The number of hydrogen-bond donors (Lipinski definition) is 2. The molecule has 0 fully saturated rings. The molecule has 0 bridgehead atoms. The number of aryl methyl sites for hydroxylation is 2. The lowest BCUT2D eigenvalue weighted by Crippen LogP contribution is -2.48. The molecule has 8 nitrogen and oxygen atoms in total. The molecule has 1 aliphatic heterocycles. The summed E-state index contributed by atoms with van der Waals surface area (Å²) in [5.74, 6) is -1.01. The lowest BCUT2D eigenvalue weighted by molar-refractivity contribution is -0.141. The molecule has 25 heavy (non-hydrogen) atoms. The molecule has 1 aromatic carbocycles. The van der Waals surface area contributed by atoms with Gasteiger partial charge in [0.05, 0.1) is 31.4 Å². The zero-order valence-corrected chi connectivity index (χ0v) is 14.9. The number of imidazole rings is 1. The van der Waals surface area contributed by atoms with Crippen molar-refractivity contribution >= 4 is 16.0 Å². The molecule has 1 aromatic heterocycles. The van der Waals surface area contributed by atoms with Crippen molar-refractivity contribution in [2.45, 2.75) is 37.8 Å². The van der Waals surface area contributed by atoms with Crippen LogP contribution >= 0.6 is 0 Å². The number of nitrogens with one attached hydrogen (secondary N) is 1. The SMILES string of the molecule is COc1cc(C)c(C)cc1S(=O)(=O)N1Cc2[nH]cnc2CC1C(=O)O. The molecule has 0 aliphatic carbocycles. The molecular formula is C16H19N3O5S. The maximum absolute atomic E-state index is 13.2. The second-order valence-electron chi connectivity index (χ2n) is 6.02. The van der Waals surface area contributed by atoms with Crippen LogP contribution in [0.15, 0.2) is 23.4 Å². The van der Waals surface area contributed by atoms with Gasteiger partial charge < -0.3 is 14.8 Å². The summed E-state index contributed by atoms with van der Waals surface area (Å²) in [5, 5.41) is 9.53. The average Bonchev–Trinajstić information content (AvgIpc) is 3.03. The lowest BCUT2D eigenvalue weighted by atomic mass is 10.1. The summed E-state index contributed by atoms with van der Waals surface area (Å²) in [5.41, 5.74) is 2.85. The van der Waals surface area contributed by atoms with E-state index in [0.717, 1.165) is 15.4 Å². The monoisotopic (exact) mass is 365 g/mol. The maximum Gasteiger partial charge on any atom is 0.322 e. The Morgan fingerprint density at radius 1 is 1.36 bits per heavy atom. The second kappa shape index (κ2) is 6.16. The number of fused-ring (bicyclic) bond motifs is 1. The minimum atomic E-state index is -4.08. The minimum Gasteiger partial charge on any atom is -0.495 e. The van der Waals surface area contributed by atoms with Crippen molar-refractivity contribution in [3.8, 4) is 5.75 Å². The molecule has 2 aromatic rings. The first-order valence-corrected chi connectivity index (χ1v) is 9.10. The van der Waals surface area contributed by atoms with Crippen LogP contribution in [0.2, 0.25) is 0 Å². The number of carboxylic acid groups (broad SMARTS) is 1. The van der Waals surface area contributed by atoms with Crippen molar-refractivity contribution in [1.82, 2.24) is 14.3 Å². The summed E-state index contributed by atoms with van der Waals surface area (Å²) in [7, 11) is -2.69. The van der Waals surface area contributed by atoms with E-state index in [1.54, 1.807) is 13.0 Å². The first-order valence-electron chi connectivity index (χ1n) is 7.66. The summed E-state index contributed by atoms with van der Waals surface area (Å²) in [6.07, 6.45) is 1.46. The molecule has 0 saturated heterocycles. The highest BCUT2D eigenvalue weighted by Crippen LogP contribution is 2.33. The van der Waals surface area contributed by atoms with E-state index in [1.165, 1.54) is 19.5 Å². The zero-order chi connectivity index (χ0) is 18.4. The molecule has 0 radical (unpaired) electrons. The topological polar surface area (TPSA) is 113 Å². The Labute approximate surface area is 145 Å². The van der Waals surface area contributed by atoms with Gasteiger partial charge in [-0.2, -0.15) is 4.31 Å². The summed E-state index contributed by atoms with van der Waals surface area (Å²) in [4.78, 5) is 18.6. The number of aromatic nitrogens is 2. The van der Waals surface area contributed by atoms with Crippen LogP contribution in [-0.2, 0) is 27.8 Å². The Hall–Kier alpha value is -2.39. The van der Waals surface area contributed by atoms with Gasteiger partial charge >= 0.3 is 5.97 Å². The van der Waals surface area contributed by atoms with Crippen molar-refractivity contribution in [2.24, 2.45) is 0 Å². The number of nitrogens with zero attached hydrogens (tertiary/aromatic N) is 2. The highest BCUT2D eigenvalue weighted by atomic mass is 32.2. The van der Waals surface area contributed by atoms with Gasteiger partial charge in [-0.3, -0.25) is 4.79 Å². The largest absolute Gasteiger partial charge is 0.495 e. The van der Waals surface area contributed by atoms with Gasteiger partial charge in [-0.15, -0.1) is 0 Å². The number of hydrogen-bond acceptors (Lipinski definition) is 5. The van der Waals surface area contributed by atoms with Crippen LogP contribution in [-0.4, -0.2) is 46.9 Å². The van der Waals surface area contributed by atoms with Gasteiger partial charge in [0.2, 0.25) is 10.0 Å². The summed E-state index contributed by atoms with van der Waals surface area (Å²) < 4.78 is 32.7. The molecule has 1 atom stereocenters. The Balaban J connectivity index is 2.13. The number of benzene rings is 1. The van der Waals surface area contributed by atoms with Crippen LogP contribution in [0.5, 0.6) is 5.75 Å².